The number of aryl methyl sites for hydroxylation is 1. The second kappa shape index (κ2) is 11.4. The van der Waals surface area contributed by atoms with Crippen molar-refractivity contribution in [2.24, 2.45) is 24.1 Å². The number of carbonyl (C=O) groups is 2. The summed E-state index contributed by atoms with van der Waals surface area (Å²) in [6.45, 7) is 11.9. The number of carbonyl (C=O) groups excluding carboxylic acids is 2. The number of pyridine rings is 1. The van der Waals surface area contributed by atoms with Gasteiger partial charge in [0.25, 0.3) is 5.91 Å². The number of hydrogen-bond donors (Lipinski definition) is 3. The molecule has 4 aromatic rings. The number of nitrogens with two attached hydrogens (primary N) is 1. The third-order valence-electron chi connectivity index (χ3n) is 9.57. The Balaban J connectivity index is 1.44. The zero-order valence-electron chi connectivity index (χ0n) is 28.2. The van der Waals surface area contributed by atoms with Crippen LogP contribution in [-0.2, 0) is 18.4 Å². The molecule has 1 aliphatic carbocycles. The molecule has 4 N–H and O–H groups in total. The van der Waals surface area contributed by atoms with Crippen molar-refractivity contribution in [1.82, 2.24) is 29.3 Å². The molecule has 2 bridgehead atoms. The molecular formula is C35H47N7O4. The Morgan fingerprint density at radius 2 is 1.87 bits per heavy atom. The van der Waals surface area contributed by atoms with Crippen molar-refractivity contribution in [2.45, 2.75) is 91.1 Å². The zero-order chi connectivity index (χ0) is 33.3. The fraction of sp³-hybridized carbons (Fsp3) is 0.543. The lowest BCUT2D eigenvalue weighted by Gasteiger charge is -2.37. The van der Waals surface area contributed by atoms with Gasteiger partial charge in [0.2, 0.25) is 5.91 Å². The van der Waals surface area contributed by atoms with Crippen LogP contribution >= 0.6 is 0 Å². The highest BCUT2D eigenvalue weighted by molar-refractivity contribution is 6.00. The molecule has 4 heterocycles. The Labute approximate surface area is 270 Å². The van der Waals surface area contributed by atoms with Crippen LogP contribution in [0.5, 0.6) is 5.75 Å². The van der Waals surface area contributed by atoms with Crippen molar-refractivity contribution in [3.63, 3.8) is 0 Å². The van der Waals surface area contributed by atoms with E-state index in [1.54, 1.807) is 27.0 Å². The minimum Gasteiger partial charge on any atom is -0.494 e. The molecule has 11 heteroatoms. The van der Waals surface area contributed by atoms with Gasteiger partial charge in [0.15, 0.2) is 5.82 Å². The highest BCUT2D eigenvalue weighted by atomic mass is 16.5. The Morgan fingerprint density at radius 1 is 1.13 bits per heavy atom. The van der Waals surface area contributed by atoms with Gasteiger partial charge in [-0.05, 0) is 76.3 Å². The first kappa shape index (κ1) is 32.0. The van der Waals surface area contributed by atoms with Crippen molar-refractivity contribution in [3.8, 4) is 17.3 Å². The van der Waals surface area contributed by atoms with E-state index in [0.717, 1.165) is 35.9 Å². The van der Waals surface area contributed by atoms with E-state index < -0.39 is 11.0 Å². The Bertz CT molecular complexity index is 1830. The fourth-order valence-electron chi connectivity index (χ4n) is 7.02. The maximum Gasteiger partial charge on any atom is 0.254 e. The molecule has 4 atom stereocenters. The number of aliphatic hydroxyl groups is 1. The number of imidazole rings is 1. The number of aromatic nitrogens is 4. The molecule has 6 rings (SSSR count). The summed E-state index contributed by atoms with van der Waals surface area (Å²) in [4.78, 5) is 38.5. The Kier molecular flexibility index (Phi) is 7.92. The third-order valence-corrected chi connectivity index (χ3v) is 9.57. The van der Waals surface area contributed by atoms with Gasteiger partial charge in [-0.25, -0.2) is 9.97 Å². The van der Waals surface area contributed by atoms with Gasteiger partial charge >= 0.3 is 0 Å². The molecule has 2 amide bonds. The summed E-state index contributed by atoms with van der Waals surface area (Å²) in [6.07, 6.45) is 3.02. The summed E-state index contributed by atoms with van der Waals surface area (Å²) in [7, 11) is 3.52. The van der Waals surface area contributed by atoms with Gasteiger partial charge in [0.1, 0.15) is 16.9 Å². The van der Waals surface area contributed by atoms with E-state index in [1.165, 1.54) is 0 Å². The van der Waals surface area contributed by atoms with Crippen molar-refractivity contribution in [2.75, 3.05) is 13.7 Å². The first-order valence-corrected chi connectivity index (χ1v) is 16.2. The summed E-state index contributed by atoms with van der Waals surface area (Å²) in [5.74, 6) is 1.59. The quantitative estimate of drug-likeness (QED) is 0.273. The molecule has 0 spiro atoms. The van der Waals surface area contributed by atoms with E-state index in [9.17, 15) is 14.7 Å². The average Bonchev–Trinajstić information content (AvgIpc) is 3.67. The second-order valence-electron chi connectivity index (χ2n) is 14.9. The molecule has 3 aromatic heterocycles. The molecule has 0 radical (unpaired) electrons. The molecule has 246 valence electrons. The van der Waals surface area contributed by atoms with Crippen LogP contribution in [0.15, 0.2) is 30.3 Å². The van der Waals surface area contributed by atoms with Crippen LogP contribution in [-0.4, -0.2) is 72.3 Å². The van der Waals surface area contributed by atoms with Crippen LogP contribution < -0.4 is 15.8 Å². The predicted octanol–water partition coefficient (Wildman–Crippen LogP) is 4.54. The number of amides is 2. The lowest BCUT2D eigenvalue weighted by Crippen LogP contribution is -2.51. The summed E-state index contributed by atoms with van der Waals surface area (Å²) in [6, 6.07) is 9.47. The van der Waals surface area contributed by atoms with E-state index in [0.29, 0.717) is 46.5 Å². The van der Waals surface area contributed by atoms with Gasteiger partial charge < -0.3 is 34.9 Å². The van der Waals surface area contributed by atoms with Crippen LogP contribution in [0.3, 0.4) is 0 Å². The SMILES string of the molecule is COc1cc(C(=O)N2C[C@H](N)[C@H]3CC[C@@H]2C3)cc2nc(-c3cc4ccc([C@@H](C)NC(=O)C(C)(C)C)nc4n3CC(C)(C)O)n(C)c12. The van der Waals surface area contributed by atoms with E-state index in [4.69, 9.17) is 20.4 Å². The van der Waals surface area contributed by atoms with Crippen LogP contribution in [0, 0.1) is 11.3 Å². The van der Waals surface area contributed by atoms with Crippen molar-refractivity contribution < 1.29 is 19.4 Å². The van der Waals surface area contributed by atoms with Crippen LogP contribution in [0.4, 0.5) is 0 Å². The first-order valence-electron chi connectivity index (χ1n) is 16.2. The van der Waals surface area contributed by atoms with E-state index in [-0.39, 0.29) is 36.5 Å². The first-order chi connectivity index (χ1) is 21.6. The minimum absolute atomic E-state index is 0.000606. The third kappa shape index (κ3) is 5.75. The number of nitrogens with one attached hydrogen (secondary N) is 1. The second-order valence-corrected chi connectivity index (χ2v) is 14.9. The Hall–Kier alpha value is -3.96. The number of methoxy groups -OCH3 is 1. The fourth-order valence-corrected chi connectivity index (χ4v) is 7.02. The maximum atomic E-state index is 13.9. The molecule has 1 saturated carbocycles. The number of piperidine rings is 1. The number of hydrogen-bond acceptors (Lipinski definition) is 7. The number of benzene rings is 1. The molecule has 11 nitrogen and oxygen atoms in total. The molecule has 1 aliphatic heterocycles. The average molecular weight is 630 g/mol. The molecule has 1 aromatic carbocycles. The van der Waals surface area contributed by atoms with Crippen LogP contribution in [0.1, 0.15) is 82.9 Å². The predicted molar refractivity (Wildman–Crippen MR) is 178 cm³/mol. The molecule has 2 fully saturated rings. The monoisotopic (exact) mass is 629 g/mol. The lowest BCUT2D eigenvalue weighted by molar-refractivity contribution is -0.129. The van der Waals surface area contributed by atoms with Crippen molar-refractivity contribution in [3.05, 3.63) is 41.6 Å². The normalized spacial score (nSPS) is 20.8. The zero-order valence-corrected chi connectivity index (χ0v) is 28.2. The van der Waals surface area contributed by atoms with E-state index >= 15 is 0 Å². The molecular weight excluding hydrogens is 582 g/mol. The number of nitrogens with zero attached hydrogens (tertiary/aromatic N) is 5. The van der Waals surface area contributed by atoms with Gasteiger partial charge in [0.05, 0.1) is 42.2 Å². The summed E-state index contributed by atoms with van der Waals surface area (Å²) >= 11 is 0. The van der Waals surface area contributed by atoms with E-state index in [1.807, 2.05) is 73.0 Å². The number of likely N-dealkylation sites (tertiary alicyclic amines) is 1. The molecule has 1 saturated heterocycles. The van der Waals surface area contributed by atoms with Gasteiger partial charge in [-0.15, -0.1) is 0 Å². The summed E-state index contributed by atoms with van der Waals surface area (Å²) in [5, 5.41) is 14.9. The largest absolute Gasteiger partial charge is 0.494 e. The summed E-state index contributed by atoms with van der Waals surface area (Å²) < 4.78 is 9.77. The standard InChI is InChI=1S/C35H47N7O4/c1-19(37-33(44)34(2,3)4)25-12-10-21-15-27(42(30(21)38-25)18-35(5,6)45)31-39-26-14-22(16-28(46-8)29(26)40(31)7)32(43)41-17-24(36)20-9-11-23(41)13-20/h10,12,14-16,19-20,23-24,45H,9,11,13,17-18,36H2,1-8H3,(H,37,44)/t19-,20+,23-,24+/m1/s1. The van der Waals surface area contributed by atoms with Gasteiger partial charge in [-0.3, -0.25) is 9.59 Å². The van der Waals surface area contributed by atoms with Crippen LogP contribution in [0.2, 0.25) is 0 Å². The topological polar surface area (TPSA) is 141 Å². The van der Waals surface area contributed by atoms with Gasteiger partial charge in [-0.2, -0.15) is 0 Å². The molecule has 2 aliphatic rings. The van der Waals surface area contributed by atoms with Crippen molar-refractivity contribution >= 4 is 33.9 Å². The van der Waals surface area contributed by atoms with Gasteiger partial charge in [0, 0.05) is 42.0 Å². The number of rotatable bonds is 7. The smallest absolute Gasteiger partial charge is 0.254 e. The van der Waals surface area contributed by atoms with Crippen LogP contribution in [0.25, 0.3) is 33.6 Å². The number of fused-ring (bicyclic) bond motifs is 4. The minimum atomic E-state index is -1.05. The maximum absolute atomic E-state index is 13.9. The van der Waals surface area contributed by atoms with E-state index in [2.05, 4.69) is 5.32 Å². The lowest BCUT2D eigenvalue weighted by atomic mass is 9.94. The van der Waals surface area contributed by atoms with Gasteiger partial charge in [-0.1, -0.05) is 20.8 Å². The Morgan fingerprint density at radius 3 is 2.54 bits per heavy atom. The van der Waals surface area contributed by atoms with Crippen molar-refractivity contribution in [1.29, 1.82) is 0 Å². The summed E-state index contributed by atoms with van der Waals surface area (Å²) in [5.41, 5.74) is 8.93. The molecule has 0 unspecified atom stereocenters. The number of ether oxygens (including phenoxy) is 1. The highest BCUT2D eigenvalue weighted by Crippen LogP contribution is 2.39. The molecule has 46 heavy (non-hydrogen) atoms. The highest BCUT2D eigenvalue weighted by Gasteiger charge is 2.41.